The van der Waals surface area contributed by atoms with Crippen molar-refractivity contribution < 1.29 is 17.5 Å². The molecule has 1 aliphatic heterocycles. The first-order chi connectivity index (χ1) is 10.8. The molecule has 1 aliphatic rings. The Morgan fingerprint density at radius 3 is 2.25 bits per heavy atom. The molecule has 0 amide bonds. The van der Waals surface area contributed by atoms with Crippen LogP contribution in [0.5, 0.6) is 0 Å². The minimum Gasteiger partial charge on any atom is -0.282 e. The maximum Gasteiger partial charge on any atom is 0.294 e. The molecule has 1 N–H and O–H groups in total. The van der Waals surface area contributed by atoms with Crippen molar-refractivity contribution in [1.29, 1.82) is 0 Å². The molecular formula is C19H24NO3S+. The Bertz CT molecular complexity index is 993. The maximum absolute atomic E-state index is 11.4. The van der Waals surface area contributed by atoms with E-state index in [0.29, 0.717) is 0 Å². The van der Waals surface area contributed by atoms with Crippen LogP contribution in [0.3, 0.4) is 0 Å². The third-order valence-electron chi connectivity index (χ3n) is 4.89. The van der Waals surface area contributed by atoms with E-state index in [1.165, 1.54) is 23.4 Å². The van der Waals surface area contributed by atoms with Gasteiger partial charge < -0.3 is 0 Å². The lowest BCUT2D eigenvalue weighted by Gasteiger charge is -2.27. The molecule has 0 spiro atoms. The Morgan fingerprint density at radius 1 is 1.08 bits per heavy atom. The highest BCUT2D eigenvalue weighted by Crippen LogP contribution is 2.47. The molecule has 0 unspecified atom stereocenters. The molecule has 0 radical (unpaired) electrons. The summed E-state index contributed by atoms with van der Waals surface area (Å²) in [6, 6.07) is 8.77. The van der Waals surface area contributed by atoms with Gasteiger partial charge in [-0.25, -0.2) is 4.58 Å². The van der Waals surface area contributed by atoms with Gasteiger partial charge >= 0.3 is 0 Å². The van der Waals surface area contributed by atoms with Crippen LogP contribution in [0.2, 0.25) is 0 Å². The summed E-state index contributed by atoms with van der Waals surface area (Å²) < 4.78 is 34.4. The van der Waals surface area contributed by atoms with Crippen molar-refractivity contribution in [3.05, 3.63) is 35.9 Å². The standard InChI is InChI=1S/C19H23NO3S/c1-18(2,3)17-19(4,5)16-14-9-8-13(24(21,22)23)11-12(14)7-10-15(16)20(17)6/h7-11H,1-6H3/p+1. The molecule has 0 aromatic heterocycles. The van der Waals surface area contributed by atoms with Crippen LogP contribution in [-0.2, 0) is 15.5 Å². The van der Waals surface area contributed by atoms with Crippen molar-refractivity contribution in [3.63, 3.8) is 0 Å². The largest absolute Gasteiger partial charge is 0.294 e. The van der Waals surface area contributed by atoms with E-state index in [9.17, 15) is 13.0 Å². The minimum absolute atomic E-state index is 0.0119. The van der Waals surface area contributed by atoms with E-state index in [2.05, 4.69) is 46.2 Å². The van der Waals surface area contributed by atoms with E-state index in [-0.39, 0.29) is 15.7 Å². The summed E-state index contributed by atoms with van der Waals surface area (Å²) in [6.07, 6.45) is 0. The summed E-state index contributed by atoms with van der Waals surface area (Å²) in [7, 11) is -2.11. The van der Waals surface area contributed by atoms with Crippen molar-refractivity contribution in [2.45, 2.75) is 44.9 Å². The minimum atomic E-state index is -4.20. The van der Waals surface area contributed by atoms with Crippen LogP contribution in [0.25, 0.3) is 10.8 Å². The lowest BCUT2D eigenvalue weighted by Crippen LogP contribution is -2.39. The SMILES string of the molecule is C[N+]1=C(C(C)(C)C)C(C)(C)c2c1ccc1cc(S(=O)(=O)O)ccc21. The van der Waals surface area contributed by atoms with Gasteiger partial charge in [0.05, 0.1) is 10.3 Å². The van der Waals surface area contributed by atoms with Gasteiger partial charge in [-0.05, 0) is 42.8 Å². The van der Waals surface area contributed by atoms with E-state index in [1.54, 1.807) is 6.07 Å². The van der Waals surface area contributed by atoms with Crippen LogP contribution in [0.1, 0.15) is 40.2 Å². The van der Waals surface area contributed by atoms with Gasteiger partial charge in [0.2, 0.25) is 5.69 Å². The van der Waals surface area contributed by atoms with Crippen LogP contribution in [0, 0.1) is 5.41 Å². The van der Waals surface area contributed by atoms with E-state index in [0.717, 1.165) is 16.5 Å². The second-order valence-corrected chi connectivity index (χ2v) is 9.52. The monoisotopic (exact) mass is 346 g/mol. The maximum atomic E-state index is 11.4. The second-order valence-electron chi connectivity index (χ2n) is 8.10. The molecule has 5 heteroatoms. The number of nitrogens with zero attached hydrogens (tertiary/aromatic N) is 1. The lowest BCUT2D eigenvalue weighted by molar-refractivity contribution is -0.407. The van der Waals surface area contributed by atoms with Gasteiger partial charge in [-0.15, -0.1) is 0 Å². The molecule has 128 valence electrons. The molecule has 2 aromatic carbocycles. The van der Waals surface area contributed by atoms with Gasteiger partial charge in [0.25, 0.3) is 10.1 Å². The van der Waals surface area contributed by atoms with Crippen LogP contribution in [-0.4, -0.2) is 30.3 Å². The highest BCUT2D eigenvalue weighted by molar-refractivity contribution is 7.85. The molecule has 24 heavy (non-hydrogen) atoms. The zero-order valence-corrected chi connectivity index (χ0v) is 15.8. The van der Waals surface area contributed by atoms with Crippen LogP contribution in [0.4, 0.5) is 5.69 Å². The van der Waals surface area contributed by atoms with Crippen molar-refractivity contribution in [3.8, 4) is 0 Å². The zero-order valence-electron chi connectivity index (χ0n) is 15.0. The van der Waals surface area contributed by atoms with E-state index in [4.69, 9.17) is 0 Å². The lowest BCUT2D eigenvalue weighted by atomic mass is 9.70. The third kappa shape index (κ3) is 2.38. The highest BCUT2D eigenvalue weighted by atomic mass is 32.2. The first-order valence-corrected chi connectivity index (χ1v) is 9.45. The fourth-order valence-corrected chi connectivity index (χ4v) is 5.01. The van der Waals surface area contributed by atoms with Gasteiger partial charge in [-0.1, -0.05) is 26.8 Å². The van der Waals surface area contributed by atoms with Gasteiger partial charge in [0.1, 0.15) is 7.05 Å². The molecule has 0 atom stereocenters. The fraction of sp³-hybridized carbons (Fsp3) is 0.421. The normalized spacial score (nSPS) is 17.5. The van der Waals surface area contributed by atoms with Crippen LogP contribution in [0.15, 0.2) is 35.2 Å². The highest BCUT2D eigenvalue weighted by Gasteiger charge is 2.50. The van der Waals surface area contributed by atoms with Gasteiger partial charge in [-0.3, -0.25) is 4.55 Å². The topological polar surface area (TPSA) is 57.4 Å². The van der Waals surface area contributed by atoms with Gasteiger partial charge in [0, 0.05) is 17.0 Å². The average molecular weight is 346 g/mol. The smallest absolute Gasteiger partial charge is 0.282 e. The van der Waals surface area contributed by atoms with Crippen LogP contribution >= 0.6 is 0 Å². The van der Waals surface area contributed by atoms with Crippen molar-refractivity contribution in [2.24, 2.45) is 5.41 Å². The van der Waals surface area contributed by atoms with Gasteiger partial charge in [0.15, 0.2) is 5.71 Å². The Morgan fingerprint density at radius 2 is 1.71 bits per heavy atom. The van der Waals surface area contributed by atoms with E-state index in [1.807, 2.05) is 12.1 Å². The van der Waals surface area contributed by atoms with E-state index < -0.39 is 10.1 Å². The second kappa shape index (κ2) is 4.90. The predicted octanol–water partition coefficient (Wildman–Crippen LogP) is 4.14. The predicted molar refractivity (Wildman–Crippen MR) is 97.1 cm³/mol. The van der Waals surface area contributed by atoms with E-state index >= 15 is 0 Å². The number of hydrogen-bond donors (Lipinski definition) is 1. The molecule has 4 nitrogen and oxygen atoms in total. The van der Waals surface area contributed by atoms with Crippen LogP contribution < -0.4 is 0 Å². The third-order valence-corrected chi connectivity index (χ3v) is 5.74. The molecule has 0 saturated carbocycles. The molecule has 1 heterocycles. The summed E-state index contributed by atoms with van der Waals surface area (Å²) in [5.74, 6) is 0. The molecule has 0 fully saturated rings. The Labute approximate surface area is 143 Å². The Balaban J connectivity index is 2.35. The first kappa shape index (κ1) is 17.1. The summed E-state index contributed by atoms with van der Waals surface area (Å²) in [6.45, 7) is 11.1. The van der Waals surface area contributed by atoms with Crippen molar-refractivity contribution >= 4 is 32.3 Å². The molecular weight excluding hydrogens is 322 g/mol. The molecule has 0 bridgehead atoms. The summed E-state index contributed by atoms with van der Waals surface area (Å²) in [5.41, 5.74) is 3.53. The average Bonchev–Trinajstić information content (AvgIpc) is 2.63. The number of rotatable bonds is 1. The quantitative estimate of drug-likeness (QED) is 0.624. The molecule has 3 rings (SSSR count). The summed E-state index contributed by atoms with van der Waals surface area (Å²) in [4.78, 5) is -0.0702. The van der Waals surface area contributed by atoms with Crippen molar-refractivity contribution in [1.82, 2.24) is 0 Å². The van der Waals surface area contributed by atoms with Crippen molar-refractivity contribution in [2.75, 3.05) is 7.05 Å². The summed E-state index contributed by atoms with van der Waals surface area (Å²) >= 11 is 0. The molecule has 0 saturated heterocycles. The number of fused-ring (bicyclic) bond motifs is 3. The summed E-state index contributed by atoms with van der Waals surface area (Å²) in [5, 5.41) is 1.84. The molecule has 2 aromatic rings. The fourth-order valence-electron chi connectivity index (χ4n) is 4.49. The van der Waals surface area contributed by atoms with Gasteiger partial charge in [-0.2, -0.15) is 8.42 Å². The zero-order chi connectivity index (χ0) is 18.1. The first-order valence-electron chi connectivity index (χ1n) is 8.01. The number of hydrogen-bond acceptors (Lipinski definition) is 2. The Kier molecular flexibility index (Phi) is 3.49. The Hall–Kier alpha value is -1.72. The molecule has 0 aliphatic carbocycles. The number of benzene rings is 2.